The Morgan fingerprint density at radius 3 is 2.83 bits per heavy atom. The van der Waals surface area contributed by atoms with Crippen LogP contribution >= 0.6 is 38.6 Å². The topological polar surface area (TPSA) is 45.5 Å². The van der Waals surface area contributed by atoms with Crippen molar-refractivity contribution in [1.29, 1.82) is 0 Å². The number of halogens is 1. The number of fused-ring (bicyclic) bond motifs is 1. The molecule has 0 unspecified atom stereocenters. The van der Waals surface area contributed by atoms with Gasteiger partial charge in [-0.25, -0.2) is 9.98 Å². The molecule has 0 saturated carbocycles. The molecule has 1 N–H and O–H groups in total. The molecule has 0 bridgehead atoms. The fourth-order valence-corrected chi connectivity index (χ4v) is 3.56. The van der Waals surface area contributed by atoms with E-state index in [0.29, 0.717) is 5.13 Å². The van der Waals surface area contributed by atoms with Gasteiger partial charge in [0.2, 0.25) is 5.13 Å². The van der Waals surface area contributed by atoms with E-state index >= 15 is 0 Å². The summed E-state index contributed by atoms with van der Waals surface area (Å²) in [7, 11) is 0. The van der Waals surface area contributed by atoms with Gasteiger partial charge in [-0.2, -0.15) is 0 Å². The lowest BCUT2D eigenvalue weighted by molar-refractivity contribution is 0.483. The molecular formula is C12H7BrN2OS2. The van der Waals surface area contributed by atoms with Crippen molar-refractivity contribution in [3.63, 3.8) is 0 Å². The summed E-state index contributed by atoms with van der Waals surface area (Å²) in [6.07, 6.45) is 3.37. The summed E-state index contributed by atoms with van der Waals surface area (Å²) < 4.78 is 1.99. The van der Waals surface area contributed by atoms with Crippen molar-refractivity contribution in [1.82, 2.24) is 4.98 Å². The van der Waals surface area contributed by atoms with Crippen molar-refractivity contribution in [3.05, 3.63) is 39.1 Å². The number of benzene rings is 1. The lowest BCUT2D eigenvalue weighted by Crippen LogP contribution is -1.73. The Bertz CT molecular complexity index is 733. The van der Waals surface area contributed by atoms with Gasteiger partial charge in [0, 0.05) is 10.1 Å². The number of hydrogen-bond donors (Lipinski definition) is 1. The Hall–Kier alpha value is -1.24. The van der Waals surface area contributed by atoms with Crippen molar-refractivity contribution in [2.45, 2.75) is 0 Å². The molecule has 0 aliphatic heterocycles. The van der Waals surface area contributed by atoms with E-state index in [1.807, 2.05) is 24.3 Å². The lowest BCUT2D eigenvalue weighted by atomic mass is 10.2. The van der Waals surface area contributed by atoms with Crippen LogP contribution in [-0.2, 0) is 0 Å². The number of aliphatic imine (C=N–C) groups is 1. The van der Waals surface area contributed by atoms with Crippen LogP contribution in [0.15, 0.2) is 39.2 Å². The molecule has 3 nitrogen and oxygen atoms in total. The second-order valence-electron chi connectivity index (χ2n) is 3.52. The highest BCUT2D eigenvalue weighted by Gasteiger charge is 2.08. The minimum Gasteiger partial charge on any atom is -0.506 e. The number of thiazole rings is 1. The van der Waals surface area contributed by atoms with Crippen LogP contribution in [0.2, 0.25) is 0 Å². The highest BCUT2D eigenvalue weighted by Crippen LogP contribution is 2.36. The number of aromatic hydroxyl groups is 1. The third-order valence-electron chi connectivity index (χ3n) is 2.35. The number of nitrogens with zero attached hydrogens (tertiary/aromatic N) is 2. The number of hydrogen-bond acceptors (Lipinski definition) is 5. The average Bonchev–Trinajstić information content (AvgIpc) is 2.92. The summed E-state index contributed by atoms with van der Waals surface area (Å²) in [4.78, 5) is 9.12. The predicted octanol–water partition coefficient (Wildman–Crippen LogP) is 4.58. The maximum atomic E-state index is 10.1. The SMILES string of the molecule is Oc1c(C=Nc2ncc(Br)s2)sc2ccccc12. The summed E-state index contributed by atoms with van der Waals surface area (Å²) in [6, 6.07) is 7.75. The van der Waals surface area contributed by atoms with Crippen LogP contribution < -0.4 is 0 Å². The van der Waals surface area contributed by atoms with Crippen LogP contribution in [0.25, 0.3) is 10.1 Å². The van der Waals surface area contributed by atoms with E-state index in [4.69, 9.17) is 0 Å². The van der Waals surface area contributed by atoms with Gasteiger partial charge < -0.3 is 5.11 Å². The Balaban J connectivity index is 2.00. The molecule has 0 amide bonds. The number of rotatable bonds is 2. The Morgan fingerprint density at radius 1 is 1.28 bits per heavy atom. The van der Waals surface area contributed by atoms with Crippen molar-refractivity contribution in [2.24, 2.45) is 4.99 Å². The van der Waals surface area contributed by atoms with Gasteiger partial charge in [-0.15, -0.1) is 11.3 Å². The third kappa shape index (κ3) is 2.19. The maximum Gasteiger partial charge on any atom is 0.210 e. The van der Waals surface area contributed by atoms with Crippen LogP contribution in [-0.4, -0.2) is 16.3 Å². The first-order valence-corrected chi connectivity index (χ1v) is 7.52. The molecule has 1 aromatic carbocycles. The van der Waals surface area contributed by atoms with Gasteiger partial charge in [0.05, 0.1) is 21.1 Å². The summed E-state index contributed by atoms with van der Waals surface area (Å²) in [5.74, 6) is 0.287. The average molecular weight is 339 g/mol. The van der Waals surface area contributed by atoms with E-state index in [0.717, 1.165) is 18.7 Å². The molecule has 0 atom stereocenters. The zero-order valence-corrected chi connectivity index (χ0v) is 12.2. The molecule has 2 aromatic heterocycles. The van der Waals surface area contributed by atoms with E-state index < -0.39 is 0 Å². The first-order valence-electron chi connectivity index (χ1n) is 5.10. The molecule has 3 rings (SSSR count). The van der Waals surface area contributed by atoms with Gasteiger partial charge >= 0.3 is 0 Å². The Kier molecular flexibility index (Phi) is 3.15. The van der Waals surface area contributed by atoms with E-state index in [1.54, 1.807) is 12.4 Å². The van der Waals surface area contributed by atoms with Gasteiger partial charge in [-0.1, -0.05) is 23.5 Å². The summed E-state index contributed by atoms with van der Waals surface area (Å²) in [5.41, 5.74) is 0. The first-order chi connectivity index (χ1) is 8.74. The molecule has 2 heterocycles. The van der Waals surface area contributed by atoms with Crippen LogP contribution in [0, 0.1) is 0 Å². The van der Waals surface area contributed by atoms with Crippen LogP contribution in [0.3, 0.4) is 0 Å². The van der Waals surface area contributed by atoms with Crippen molar-refractivity contribution in [3.8, 4) is 5.75 Å². The first kappa shape index (κ1) is 11.8. The Morgan fingerprint density at radius 2 is 2.11 bits per heavy atom. The zero-order chi connectivity index (χ0) is 12.5. The minimum atomic E-state index is 0.287. The largest absolute Gasteiger partial charge is 0.506 e. The van der Waals surface area contributed by atoms with Gasteiger partial charge in [0.25, 0.3) is 0 Å². The molecule has 0 fully saturated rings. The highest BCUT2D eigenvalue weighted by molar-refractivity contribution is 9.11. The fraction of sp³-hybridized carbons (Fsp3) is 0. The normalized spacial score (nSPS) is 11.6. The van der Waals surface area contributed by atoms with E-state index in [9.17, 15) is 5.11 Å². The van der Waals surface area contributed by atoms with Crippen LogP contribution in [0.4, 0.5) is 5.13 Å². The monoisotopic (exact) mass is 338 g/mol. The fourth-order valence-electron chi connectivity index (χ4n) is 1.56. The summed E-state index contributed by atoms with van der Waals surface area (Å²) in [5, 5.41) is 11.6. The molecule has 3 aromatic rings. The molecular weight excluding hydrogens is 332 g/mol. The minimum absolute atomic E-state index is 0.287. The van der Waals surface area contributed by atoms with E-state index in [-0.39, 0.29) is 5.75 Å². The van der Waals surface area contributed by atoms with E-state index in [2.05, 4.69) is 25.9 Å². The smallest absolute Gasteiger partial charge is 0.210 e. The number of thiophene rings is 1. The van der Waals surface area contributed by atoms with Gasteiger partial charge in [0.1, 0.15) is 5.75 Å². The molecule has 0 aliphatic rings. The van der Waals surface area contributed by atoms with Crippen molar-refractivity contribution < 1.29 is 5.11 Å². The van der Waals surface area contributed by atoms with Gasteiger partial charge in [-0.05, 0) is 28.1 Å². The quantitative estimate of drug-likeness (QED) is 0.695. The number of aromatic nitrogens is 1. The molecule has 18 heavy (non-hydrogen) atoms. The molecule has 6 heteroatoms. The van der Waals surface area contributed by atoms with Crippen LogP contribution in [0.1, 0.15) is 4.88 Å². The highest BCUT2D eigenvalue weighted by atomic mass is 79.9. The third-order valence-corrected chi connectivity index (χ3v) is 4.83. The lowest BCUT2D eigenvalue weighted by Gasteiger charge is -1.89. The van der Waals surface area contributed by atoms with E-state index in [1.165, 1.54) is 22.7 Å². The van der Waals surface area contributed by atoms with Crippen molar-refractivity contribution >= 4 is 60.0 Å². The molecule has 90 valence electrons. The Labute approximate surface area is 120 Å². The van der Waals surface area contributed by atoms with Crippen LogP contribution in [0.5, 0.6) is 5.75 Å². The summed E-state index contributed by atoms with van der Waals surface area (Å²) >= 11 is 6.30. The zero-order valence-electron chi connectivity index (χ0n) is 9.00. The second-order valence-corrected chi connectivity index (χ2v) is 6.99. The van der Waals surface area contributed by atoms with Crippen molar-refractivity contribution in [2.75, 3.05) is 0 Å². The predicted molar refractivity (Wildman–Crippen MR) is 80.6 cm³/mol. The molecule has 0 radical (unpaired) electrons. The molecule has 0 spiro atoms. The summed E-state index contributed by atoms with van der Waals surface area (Å²) in [6.45, 7) is 0. The molecule has 0 aliphatic carbocycles. The van der Waals surface area contributed by atoms with Gasteiger partial charge in [-0.3, -0.25) is 0 Å². The maximum absolute atomic E-state index is 10.1. The standard InChI is InChI=1S/C12H7BrN2OS2/c13-10-6-15-12(18-10)14-5-9-11(16)7-3-1-2-4-8(7)17-9/h1-6,16H. The second kappa shape index (κ2) is 4.79. The van der Waals surface area contributed by atoms with Gasteiger partial charge in [0.15, 0.2) is 0 Å². The molecule has 0 saturated heterocycles.